The maximum absolute atomic E-state index is 12.0. The quantitative estimate of drug-likeness (QED) is 0.662. The highest BCUT2D eigenvalue weighted by Gasteiger charge is 2.14. The lowest BCUT2D eigenvalue weighted by molar-refractivity contribution is 0.0955. The van der Waals surface area contributed by atoms with Crippen LogP contribution >= 0.6 is 11.6 Å². The molecular weight excluding hydrogens is 296 g/mol. The molecule has 0 spiro atoms. The number of amides is 1. The van der Waals surface area contributed by atoms with Crippen LogP contribution in [0.4, 0.5) is 0 Å². The lowest BCUT2D eigenvalue weighted by Gasteiger charge is -2.18. The summed E-state index contributed by atoms with van der Waals surface area (Å²) >= 11 is 6.01. The molecule has 0 heterocycles. The van der Waals surface area contributed by atoms with Crippen LogP contribution in [0.5, 0.6) is 0 Å². The molecule has 1 amide bonds. The monoisotopic (exact) mass is 314 g/mol. The van der Waals surface area contributed by atoms with E-state index < -0.39 is 0 Å². The number of hydrogen-bond donors (Lipinski definition) is 1. The number of nitrogens with zero attached hydrogens (tertiary/aromatic N) is 1. The maximum Gasteiger partial charge on any atom is 0.271 e. The average molecular weight is 315 g/mol. The van der Waals surface area contributed by atoms with E-state index in [4.69, 9.17) is 11.6 Å². The van der Waals surface area contributed by atoms with Crippen molar-refractivity contribution in [2.75, 3.05) is 0 Å². The lowest BCUT2D eigenvalue weighted by Crippen LogP contribution is -2.18. The van der Waals surface area contributed by atoms with Gasteiger partial charge in [0.1, 0.15) is 0 Å². The third-order valence-electron chi connectivity index (χ3n) is 3.29. The molecule has 0 aromatic heterocycles. The van der Waals surface area contributed by atoms with E-state index >= 15 is 0 Å². The van der Waals surface area contributed by atoms with E-state index in [-0.39, 0.29) is 11.3 Å². The minimum atomic E-state index is -0.247. The molecule has 2 rings (SSSR count). The zero-order valence-corrected chi connectivity index (χ0v) is 13.7. The molecule has 114 valence electrons. The van der Waals surface area contributed by atoms with Crippen molar-refractivity contribution >= 4 is 23.7 Å². The Kier molecular flexibility index (Phi) is 4.99. The first-order chi connectivity index (χ1) is 10.4. The number of hydrogen-bond acceptors (Lipinski definition) is 2. The van der Waals surface area contributed by atoms with Crippen LogP contribution in [-0.4, -0.2) is 12.1 Å². The number of carbonyl (C=O) groups is 1. The lowest BCUT2D eigenvalue weighted by atomic mass is 9.87. The second-order valence-corrected chi connectivity index (χ2v) is 6.46. The van der Waals surface area contributed by atoms with Crippen LogP contribution in [0.1, 0.15) is 42.3 Å². The van der Waals surface area contributed by atoms with Crippen molar-refractivity contribution in [3.8, 4) is 0 Å². The predicted octanol–water partition coefficient (Wildman–Crippen LogP) is 4.40. The second kappa shape index (κ2) is 6.75. The molecule has 0 radical (unpaired) electrons. The Morgan fingerprint density at radius 2 is 1.73 bits per heavy atom. The van der Waals surface area contributed by atoms with Gasteiger partial charge in [0.2, 0.25) is 0 Å². The van der Waals surface area contributed by atoms with Crippen molar-refractivity contribution in [1.82, 2.24) is 5.43 Å². The van der Waals surface area contributed by atoms with Gasteiger partial charge in [0.05, 0.1) is 6.21 Å². The Morgan fingerprint density at radius 3 is 2.32 bits per heavy atom. The van der Waals surface area contributed by atoms with E-state index in [0.717, 1.165) is 5.56 Å². The minimum absolute atomic E-state index is 0.0667. The molecule has 0 bridgehead atoms. The molecule has 2 aromatic rings. The number of halogens is 1. The van der Waals surface area contributed by atoms with E-state index in [1.54, 1.807) is 18.2 Å². The van der Waals surface area contributed by atoms with Crippen LogP contribution in [0.3, 0.4) is 0 Å². The third-order valence-corrected chi connectivity index (χ3v) is 3.63. The summed E-state index contributed by atoms with van der Waals surface area (Å²) in [7, 11) is 0. The molecule has 0 aliphatic heterocycles. The zero-order valence-electron chi connectivity index (χ0n) is 12.9. The summed E-state index contributed by atoms with van der Waals surface area (Å²) in [5.74, 6) is -0.247. The van der Waals surface area contributed by atoms with Crippen molar-refractivity contribution in [2.24, 2.45) is 5.10 Å². The van der Waals surface area contributed by atoms with Crippen molar-refractivity contribution in [3.05, 3.63) is 70.2 Å². The van der Waals surface area contributed by atoms with Gasteiger partial charge in [0.15, 0.2) is 0 Å². The summed E-state index contributed by atoms with van der Waals surface area (Å²) in [6.07, 6.45) is 1.53. The Morgan fingerprint density at radius 1 is 1.09 bits per heavy atom. The molecule has 0 atom stereocenters. The van der Waals surface area contributed by atoms with Gasteiger partial charge in [-0.25, -0.2) is 5.43 Å². The van der Waals surface area contributed by atoms with Crippen LogP contribution in [-0.2, 0) is 5.41 Å². The fourth-order valence-electron chi connectivity index (χ4n) is 1.93. The van der Waals surface area contributed by atoms with Gasteiger partial charge >= 0.3 is 0 Å². The summed E-state index contributed by atoms with van der Waals surface area (Å²) in [6, 6.07) is 14.8. The Labute approximate surface area is 136 Å². The smallest absolute Gasteiger partial charge is 0.267 e. The summed E-state index contributed by atoms with van der Waals surface area (Å²) in [5.41, 5.74) is 5.09. The Balaban J connectivity index is 2.02. The first-order valence-corrected chi connectivity index (χ1v) is 7.44. The van der Waals surface area contributed by atoms with Gasteiger partial charge in [-0.2, -0.15) is 5.10 Å². The summed E-state index contributed by atoms with van der Waals surface area (Å²) in [4.78, 5) is 12.0. The molecule has 0 unspecified atom stereocenters. The van der Waals surface area contributed by atoms with Gasteiger partial charge in [-0.1, -0.05) is 62.7 Å². The number of rotatable bonds is 3. The molecule has 4 heteroatoms. The number of benzene rings is 2. The van der Waals surface area contributed by atoms with Crippen molar-refractivity contribution in [3.63, 3.8) is 0 Å². The van der Waals surface area contributed by atoms with Crippen LogP contribution in [0.25, 0.3) is 0 Å². The molecule has 0 saturated heterocycles. The van der Waals surface area contributed by atoms with Crippen LogP contribution < -0.4 is 5.43 Å². The van der Waals surface area contributed by atoms with Crippen LogP contribution in [0.2, 0.25) is 5.02 Å². The highest BCUT2D eigenvalue weighted by Crippen LogP contribution is 2.22. The van der Waals surface area contributed by atoms with E-state index in [9.17, 15) is 4.79 Å². The van der Waals surface area contributed by atoms with Gasteiger partial charge in [-0.15, -0.1) is 0 Å². The largest absolute Gasteiger partial charge is 0.271 e. The molecule has 2 aromatic carbocycles. The number of hydrazone groups is 1. The highest BCUT2D eigenvalue weighted by atomic mass is 35.5. The fraction of sp³-hybridized carbons (Fsp3) is 0.222. The number of carbonyl (C=O) groups excluding carboxylic acids is 1. The van der Waals surface area contributed by atoms with Gasteiger partial charge < -0.3 is 0 Å². The predicted molar refractivity (Wildman–Crippen MR) is 91.7 cm³/mol. The van der Waals surface area contributed by atoms with Gasteiger partial charge in [-0.3, -0.25) is 4.79 Å². The molecule has 22 heavy (non-hydrogen) atoms. The SMILES string of the molecule is CC(C)(C)c1ccc(C(=O)N/N=C/c2ccccc2Cl)cc1. The van der Waals surface area contributed by atoms with Crippen molar-refractivity contribution in [2.45, 2.75) is 26.2 Å². The Bertz CT molecular complexity index is 685. The molecule has 0 fully saturated rings. The molecular formula is C18H19ClN2O. The van der Waals surface area contributed by atoms with E-state index in [1.807, 2.05) is 30.3 Å². The third kappa shape index (κ3) is 4.18. The van der Waals surface area contributed by atoms with E-state index in [1.165, 1.54) is 11.8 Å². The highest BCUT2D eigenvalue weighted by molar-refractivity contribution is 6.33. The van der Waals surface area contributed by atoms with Crippen LogP contribution in [0, 0.1) is 0 Å². The summed E-state index contributed by atoms with van der Waals surface area (Å²) in [5, 5.41) is 4.53. The first-order valence-electron chi connectivity index (χ1n) is 7.06. The van der Waals surface area contributed by atoms with Gasteiger partial charge in [-0.05, 0) is 29.2 Å². The van der Waals surface area contributed by atoms with Crippen LogP contribution in [0.15, 0.2) is 53.6 Å². The summed E-state index contributed by atoms with van der Waals surface area (Å²) in [6.45, 7) is 6.40. The normalized spacial score (nSPS) is 11.6. The van der Waals surface area contributed by atoms with Gasteiger partial charge in [0.25, 0.3) is 5.91 Å². The molecule has 3 nitrogen and oxygen atoms in total. The molecule has 0 saturated carbocycles. The second-order valence-electron chi connectivity index (χ2n) is 6.05. The zero-order chi connectivity index (χ0) is 16.2. The molecule has 0 aliphatic rings. The standard InChI is InChI=1S/C18H19ClN2O/c1-18(2,3)15-10-8-13(9-11-15)17(22)21-20-12-14-6-4-5-7-16(14)19/h4-12H,1-3H3,(H,21,22)/b20-12+. The Hall–Kier alpha value is -2.13. The summed E-state index contributed by atoms with van der Waals surface area (Å²) < 4.78 is 0. The van der Waals surface area contributed by atoms with Gasteiger partial charge in [0, 0.05) is 16.1 Å². The van der Waals surface area contributed by atoms with Crippen molar-refractivity contribution < 1.29 is 4.79 Å². The molecule has 0 aliphatic carbocycles. The topological polar surface area (TPSA) is 41.5 Å². The first kappa shape index (κ1) is 16.2. The fourth-order valence-corrected chi connectivity index (χ4v) is 2.11. The molecule has 1 N–H and O–H groups in total. The van der Waals surface area contributed by atoms with Crippen molar-refractivity contribution in [1.29, 1.82) is 0 Å². The number of nitrogens with one attached hydrogen (secondary N) is 1. The minimum Gasteiger partial charge on any atom is -0.267 e. The maximum atomic E-state index is 12.0. The average Bonchev–Trinajstić information content (AvgIpc) is 2.48. The van der Waals surface area contributed by atoms with E-state index in [2.05, 4.69) is 31.3 Å². The van der Waals surface area contributed by atoms with E-state index in [0.29, 0.717) is 10.6 Å².